The Morgan fingerprint density at radius 2 is 2.27 bits per heavy atom. The quantitative estimate of drug-likeness (QED) is 0.461. The minimum atomic E-state index is -0.762. The summed E-state index contributed by atoms with van der Waals surface area (Å²) in [6, 6.07) is 5.59. The Labute approximate surface area is 68.6 Å². The summed E-state index contributed by atoms with van der Waals surface area (Å²) < 4.78 is 11.2. The Hall–Kier alpha value is -0.670. The van der Waals surface area contributed by atoms with Crippen LogP contribution in [-0.4, -0.2) is 10.3 Å². The lowest BCUT2D eigenvalue weighted by atomic mass is 10.1. The Balaban J connectivity index is 2.50. The molecule has 3 heteroatoms. The Morgan fingerprint density at radius 1 is 1.45 bits per heavy atom. The molecule has 1 atom stereocenters. The minimum absolute atomic E-state index is 0.762. The molecule has 2 nitrogen and oxygen atoms in total. The van der Waals surface area contributed by atoms with E-state index in [1.165, 1.54) is 0 Å². The van der Waals surface area contributed by atoms with Gasteiger partial charge in [0.15, 0.2) is 4.90 Å². The summed E-state index contributed by atoms with van der Waals surface area (Å²) in [6.07, 6.45) is 0.910. The molecule has 1 aromatic carbocycles. The highest BCUT2D eigenvalue weighted by Crippen LogP contribution is 2.26. The molecule has 2 N–H and O–H groups in total. The molecule has 1 aliphatic rings. The molecule has 1 unspecified atom stereocenters. The van der Waals surface area contributed by atoms with Crippen molar-refractivity contribution in [2.45, 2.75) is 11.3 Å². The molecular formula is C8H9NOS. The first-order valence-electron chi connectivity index (χ1n) is 3.54. The average Bonchev–Trinajstić information content (AvgIpc) is 2.32. The topological polar surface area (TPSA) is 49.1 Å². The van der Waals surface area contributed by atoms with E-state index in [-0.39, 0.29) is 0 Å². The molecule has 0 amide bonds. The van der Waals surface area contributed by atoms with Crippen molar-refractivity contribution >= 4 is 16.9 Å². The van der Waals surface area contributed by atoms with E-state index in [1.54, 1.807) is 0 Å². The highest BCUT2D eigenvalue weighted by molar-refractivity contribution is 7.91. The van der Waals surface area contributed by atoms with E-state index in [2.05, 4.69) is 0 Å². The molecular weight excluding hydrogens is 158 g/mol. The predicted molar refractivity (Wildman–Crippen MR) is 45.8 cm³/mol. The summed E-state index contributed by atoms with van der Waals surface area (Å²) in [4.78, 5) is 0.971. The number of nitrogen functional groups attached to an aromatic ring is 1. The zero-order chi connectivity index (χ0) is 7.84. The van der Waals surface area contributed by atoms with Crippen LogP contribution in [0.4, 0.5) is 5.69 Å². The lowest BCUT2D eigenvalue weighted by molar-refractivity contribution is 0.599. The van der Waals surface area contributed by atoms with Gasteiger partial charge in [0.05, 0.1) is 0 Å². The van der Waals surface area contributed by atoms with Gasteiger partial charge in [-0.05, 0) is 29.4 Å². The van der Waals surface area contributed by atoms with Gasteiger partial charge in [-0.15, -0.1) is 0 Å². The molecule has 0 fully saturated rings. The van der Waals surface area contributed by atoms with E-state index < -0.39 is 11.2 Å². The molecule has 11 heavy (non-hydrogen) atoms. The fraction of sp³-hybridized carbons (Fsp3) is 0.250. The SMILES string of the molecule is Nc1ccc2c(c1)CC[S+]2[O-]. The van der Waals surface area contributed by atoms with E-state index in [9.17, 15) is 4.55 Å². The third kappa shape index (κ3) is 1.10. The summed E-state index contributed by atoms with van der Waals surface area (Å²) in [5, 5.41) is 0. The third-order valence-electron chi connectivity index (χ3n) is 1.89. The lowest BCUT2D eigenvalue weighted by Gasteiger charge is -2.02. The maximum Gasteiger partial charge on any atom is 0.156 e. The van der Waals surface area contributed by atoms with Crippen LogP contribution in [0.3, 0.4) is 0 Å². The minimum Gasteiger partial charge on any atom is -0.611 e. The third-order valence-corrected chi connectivity index (χ3v) is 3.35. The van der Waals surface area contributed by atoms with Gasteiger partial charge in [-0.3, -0.25) is 0 Å². The van der Waals surface area contributed by atoms with Crippen molar-refractivity contribution in [3.8, 4) is 0 Å². The molecule has 0 spiro atoms. The van der Waals surface area contributed by atoms with Crippen LogP contribution in [0.15, 0.2) is 23.1 Å². The number of anilines is 1. The Bertz CT molecular complexity index is 287. The van der Waals surface area contributed by atoms with Gasteiger partial charge in [0.2, 0.25) is 0 Å². The molecule has 0 aliphatic carbocycles. The molecule has 1 aromatic rings. The number of aryl methyl sites for hydroxylation is 1. The molecule has 1 heterocycles. The van der Waals surface area contributed by atoms with Crippen LogP contribution in [0.5, 0.6) is 0 Å². The normalized spacial score (nSPS) is 21.7. The number of benzene rings is 1. The fourth-order valence-corrected chi connectivity index (χ4v) is 2.63. The number of nitrogens with two attached hydrogens (primary N) is 1. The summed E-state index contributed by atoms with van der Waals surface area (Å²) in [7, 11) is 0. The first kappa shape index (κ1) is 7.00. The number of fused-ring (bicyclic) bond motifs is 1. The first-order valence-corrected chi connectivity index (χ1v) is 4.86. The maximum absolute atomic E-state index is 11.2. The second kappa shape index (κ2) is 2.43. The number of hydrogen-bond donors (Lipinski definition) is 1. The van der Waals surface area contributed by atoms with E-state index in [0.717, 1.165) is 28.3 Å². The fourth-order valence-electron chi connectivity index (χ4n) is 1.33. The van der Waals surface area contributed by atoms with E-state index in [4.69, 9.17) is 5.73 Å². The summed E-state index contributed by atoms with van der Waals surface area (Å²) in [6.45, 7) is 0. The average molecular weight is 167 g/mol. The van der Waals surface area contributed by atoms with Crippen molar-refractivity contribution in [2.24, 2.45) is 0 Å². The van der Waals surface area contributed by atoms with E-state index in [0.29, 0.717) is 0 Å². The summed E-state index contributed by atoms with van der Waals surface area (Å²) in [5.74, 6) is 0.763. The van der Waals surface area contributed by atoms with Crippen molar-refractivity contribution in [3.63, 3.8) is 0 Å². The highest BCUT2D eigenvalue weighted by atomic mass is 32.2. The molecule has 0 saturated carbocycles. The largest absolute Gasteiger partial charge is 0.611 e. The second-order valence-electron chi connectivity index (χ2n) is 2.67. The van der Waals surface area contributed by atoms with Crippen LogP contribution in [0.2, 0.25) is 0 Å². The van der Waals surface area contributed by atoms with Gasteiger partial charge in [-0.1, -0.05) is 0 Å². The van der Waals surface area contributed by atoms with Crippen LogP contribution in [0.1, 0.15) is 5.56 Å². The van der Waals surface area contributed by atoms with Crippen molar-refractivity contribution < 1.29 is 4.55 Å². The highest BCUT2D eigenvalue weighted by Gasteiger charge is 2.23. The summed E-state index contributed by atoms with van der Waals surface area (Å²) in [5.41, 5.74) is 7.50. The zero-order valence-electron chi connectivity index (χ0n) is 6.04. The van der Waals surface area contributed by atoms with Crippen molar-refractivity contribution in [2.75, 3.05) is 11.5 Å². The molecule has 1 aliphatic heterocycles. The van der Waals surface area contributed by atoms with Gasteiger partial charge in [-0.2, -0.15) is 0 Å². The van der Waals surface area contributed by atoms with E-state index in [1.807, 2.05) is 18.2 Å². The Morgan fingerprint density at radius 3 is 3.09 bits per heavy atom. The van der Waals surface area contributed by atoms with E-state index >= 15 is 0 Å². The molecule has 58 valence electrons. The van der Waals surface area contributed by atoms with Gasteiger partial charge >= 0.3 is 0 Å². The predicted octanol–water partition coefficient (Wildman–Crippen LogP) is 0.933. The van der Waals surface area contributed by atoms with Crippen LogP contribution in [0, 0.1) is 0 Å². The number of hydrogen-bond acceptors (Lipinski definition) is 2. The molecule has 0 aromatic heterocycles. The Kier molecular flexibility index (Phi) is 1.55. The summed E-state index contributed by atoms with van der Waals surface area (Å²) >= 11 is -0.762. The molecule has 0 saturated heterocycles. The molecule has 0 radical (unpaired) electrons. The number of rotatable bonds is 0. The van der Waals surface area contributed by atoms with Crippen molar-refractivity contribution in [3.05, 3.63) is 23.8 Å². The molecule has 2 rings (SSSR count). The second-order valence-corrected chi connectivity index (χ2v) is 4.21. The smallest absolute Gasteiger partial charge is 0.156 e. The van der Waals surface area contributed by atoms with Gasteiger partial charge in [0, 0.05) is 17.7 Å². The van der Waals surface area contributed by atoms with Gasteiger partial charge in [0.25, 0.3) is 0 Å². The van der Waals surface area contributed by atoms with Crippen LogP contribution in [-0.2, 0) is 17.6 Å². The van der Waals surface area contributed by atoms with Gasteiger partial charge in [0.1, 0.15) is 5.75 Å². The van der Waals surface area contributed by atoms with Gasteiger partial charge < -0.3 is 10.3 Å². The van der Waals surface area contributed by atoms with Crippen molar-refractivity contribution in [1.29, 1.82) is 0 Å². The van der Waals surface area contributed by atoms with Crippen LogP contribution in [0.25, 0.3) is 0 Å². The lowest BCUT2D eigenvalue weighted by Crippen LogP contribution is -1.98. The first-order chi connectivity index (χ1) is 5.27. The molecule has 0 bridgehead atoms. The van der Waals surface area contributed by atoms with Crippen LogP contribution >= 0.6 is 0 Å². The van der Waals surface area contributed by atoms with Gasteiger partial charge in [-0.25, -0.2) is 0 Å². The standard InChI is InChI=1S/C8H9NOS/c9-7-1-2-8-6(5-7)3-4-11(8)10/h1-2,5H,3-4,9H2. The zero-order valence-corrected chi connectivity index (χ0v) is 6.86. The van der Waals surface area contributed by atoms with Crippen LogP contribution < -0.4 is 5.73 Å². The maximum atomic E-state index is 11.2. The van der Waals surface area contributed by atoms with Crippen molar-refractivity contribution in [1.82, 2.24) is 0 Å². The monoisotopic (exact) mass is 167 g/mol.